The molecule has 54 heavy (non-hydrogen) atoms. The Hall–Kier alpha value is -6.32. The number of rotatable bonds is 3. The Kier molecular flexibility index (Phi) is 6.48. The Bertz CT molecular complexity index is 3430. The topological polar surface area (TPSA) is 0 Å². The monoisotopic (exact) mass is 718 g/mol. The van der Waals surface area contributed by atoms with Crippen LogP contribution in [0.3, 0.4) is 0 Å². The molecule has 0 N–H and O–H groups in total. The smallest absolute Gasteiger partial charge is 0.0368 e. The van der Waals surface area contributed by atoms with Gasteiger partial charge >= 0.3 is 0 Å². The SMILES string of the molecule is c1ccc(-c2c3ccccc3c(-c3ccc4cc(-c5cc6sc7cc8c(cc7c6c6ccccc56)sc5ccccc58)ccc4c3)c3ccccc23)cc1. The first-order chi connectivity index (χ1) is 26.8. The second kappa shape index (κ2) is 11.6. The Morgan fingerprint density at radius 1 is 0.259 bits per heavy atom. The van der Waals surface area contributed by atoms with Crippen LogP contribution in [-0.2, 0) is 0 Å². The van der Waals surface area contributed by atoms with Crippen molar-refractivity contribution in [3.63, 3.8) is 0 Å². The van der Waals surface area contributed by atoms with Crippen LogP contribution in [0.5, 0.6) is 0 Å². The molecule has 10 aromatic carbocycles. The van der Waals surface area contributed by atoms with Crippen molar-refractivity contribution in [3.8, 4) is 33.4 Å². The highest BCUT2D eigenvalue weighted by molar-refractivity contribution is 7.27. The summed E-state index contributed by atoms with van der Waals surface area (Å²) >= 11 is 3.82. The Labute approximate surface area is 319 Å². The fourth-order valence-corrected chi connectivity index (χ4v) is 11.3. The molecule has 2 heteroatoms. The van der Waals surface area contributed by atoms with Crippen LogP contribution in [0.4, 0.5) is 0 Å². The summed E-state index contributed by atoms with van der Waals surface area (Å²) in [4.78, 5) is 0. The van der Waals surface area contributed by atoms with Crippen LogP contribution < -0.4 is 0 Å². The zero-order valence-corrected chi connectivity index (χ0v) is 30.8. The van der Waals surface area contributed by atoms with Crippen molar-refractivity contribution >= 4 is 106 Å². The van der Waals surface area contributed by atoms with Crippen molar-refractivity contribution in [1.29, 1.82) is 0 Å². The maximum absolute atomic E-state index is 2.44. The fraction of sp³-hybridized carbons (Fsp3) is 0. The van der Waals surface area contributed by atoms with Gasteiger partial charge in [-0.1, -0.05) is 146 Å². The van der Waals surface area contributed by atoms with Gasteiger partial charge < -0.3 is 0 Å². The average molecular weight is 719 g/mol. The van der Waals surface area contributed by atoms with Gasteiger partial charge in [0, 0.05) is 40.3 Å². The van der Waals surface area contributed by atoms with E-state index in [-0.39, 0.29) is 0 Å². The van der Waals surface area contributed by atoms with E-state index >= 15 is 0 Å². The minimum absolute atomic E-state index is 1.24. The van der Waals surface area contributed by atoms with E-state index in [0.717, 1.165) is 0 Å². The van der Waals surface area contributed by atoms with E-state index in [1.807, 2.05) is 22.7 Å². The van der Waals surface area contributed by atoms with Gasteiger partial charge in [0.15, 0.2) is 0 Å². The van der Waals surface area contributed by atoms with Gasteiger partial charge in [0.05, 0.1) is 0 Å². The van der Waals surface area contributed by atoms with Gasteiger partial charge in [-0.05, 0) is 113 Å². The predicted octanol–water partition coefficient (Wildman–Crippen LogP) is 16.0. The molecule has 12 rings (SSSR count). The van der Waals surface area contributed by atoms with Gasteiger partial charge in [0.25, 0.3) is 0 Å². The molecule has 0 bridgehead atoms. The van der Waals surface area contributed by atoms with Gasteiger partial charge in [0.1, 0.15) is 0 Å². The maximum Gasteiger partial charge on any atom is 0.0368 e. The molecule has 0 saturated heterocycles. The first-order valence-corrected chi connectivity index (χ1v) is 20.1. The molecule has 0 radical (unpaired) electrons. The molecule has 0 aliphatic heterocycles. The quantitative estimate of drug-likeness (QED) is 0.160. The third kappa shape index (κ3) is 4.42. The Morgan fingerprint density at radius 3 is 1.46 bits per heavy atom. The Balaban J connectivity index is 1.03. The fourth-order valence-electron chi connectivity index (χ4n) is 9.02. The molecule has 0 nitrogen and oxygen atoms in total. The second-order valence-corrected chi connectivity index (χ2v) is 16.5. The molecule has 0 fully saturated rings. The highest BCUT2D eigenvalue weighted by Crippen LogP contribution is 2.47. The number of fused-ring (bicyclic) bond motifs is 11. The number of benzene rings is 10. The van der Waals surface area contributed by atoms with Crippen molar-refractivity contribution in [2.75, 3.05) is 0 Å². The van der Waals surface area contributed by atoms with Crippen LogP contribution in [0, 0.1) is 0 Å². The number of hydrogen-bond donors (Lipinski definition) is 0. The summed E-state index contributed by atoms with van der Waals surface area (Å²) in [6.45, 7) is 0. The average Bonchev–Trinajstić information content (AvgIpc) is 3.78. The summed E-state index contributed by atoms with van der Waals surface area (Å²) in [5, 5.41) is 15.7. The summed E-state index contributed by atoms with van der Waals surface area (Å²) in [6, 6.07) is 67.8. The minimum Gasteiger partial charge on any atom is -0.135 e. The highest BCUT2D eigenvalue weighted by Gasteiger charge is 2.18. The predicted molar refractivity (Wildman–Crippen MR) is 239 cm³/mol. The molecule has 12 aromatic rings. The Morgan fingerprint density at radius 2 is 0.759 bits per heavy atom. The molecule has 0 amide bonds. The van der Waals surface area contributed by atoms with E-state index in [9.17, 15) is 0 Å². The first kappa shape index (κ1) is 30.2. The van der Waals surface area contributed by atoms with E-state index in [2.05, 4.69) is 182 Å². The van der Waals surface area contributed by atoms with Crippen LogP contribution in [0.1, 0.15) is 0 Å². The van der Waals surface area contributed by atoms with Gasteiger partial charge in [-0.3, -0.25) is 0 Å². The molecule has 0 spiro atoms. The maximum atomic E-state index is 2.44. The first-order valence-electron chi connectivity index (χ1n) is 18.5. The standard InChI is InChI=1S/C52H30S2/c1-2-12-31(13-3-1)50-39-17-6-8-19-41(39)51(42-20-9-7-18-40(42)50)35-25-23-32-26-34(24-22-33(32)27-35)43-28-49-52(38-16-5-4-14-36(38)43)45-30-47-44(29-48(45)54-49)37-15-10-11-21-46(37)53-47/h1-30H. The van der Waals surface area contributed by atoms with Gasteiger partial charge in [-0.15, -0.1) is 22.7 Å². The highest BCUT2D eigenvalue weighted by atomic mass is 32.1. The van der Waals surface area contributed by atoms with E-state index < -0.39 is 0 Å². The van der Waals surface area contributed by atoms with E-state index in [1.165, 1.54) is 117 Å². The van der Waals surface area contributed by atoms with Crippen LogP contribution in [0.15, 0.2) is 182 Å². The summed E-state index contributed by atoms with van der Waals surface area (Å²) < 4.78 is 5.41. The molecule has 2 heterocycles. The largest absolute Gasteiger partial charge is 0.135 e. The zero-order valence-electron chi connectivity index (χ0n) is 29.1. The van der Waals surface area contributed by atoms with E-state index in [0.29, 0.717) is 0 Å². The van der Waals surface area contributed by atoms with Crippen molar-refractivity contribution in [3.05, 3.63) is 182 Å². The molecular weight excluding hydrogens is 689 g/mol. The summed E-state index contributed by atoms with van der Waals surface area (Å²) in [7, 11) is 0. The van der Waals surface area contributed by atoms with Crippen molar-refractivity contribution < 1.29 is 0 Å². The normalized spacial score (nSPS) is 12.1. The lowest BCUT2D eigenvalue weighted by molar-refractivity contribution is 1.66. The molecule has 0 aliphatic carbocycles. The molecule has 0 saturated carbocycles. The molecule has 0 unspecified atom stereocenters. The van der Waals surface area contributed by atoms with Crippen LogP contribution in [0.2, 0.25) is 0 Å². The molecule has 250 valence electrons. The molecule has 0 atom stereocenters. The summed E-state index contributed by atoms with van der Waals surface area (Å²) in [5.74, 6) is 0. The third-order valence-corrected chi connectivity index (χ3v) is 13.6. The lowest BCUT2D eigenvalue weighted by atomic mass is 9.85. The van der Waals surface area contributed by atoms with Crippen LogP contribution in [0.25, 0.3) is 117 Å². The van der Waals surface area contributed by atoms with Gasteiger partial charge in [-0.2, -0.15) is 0 Å². The zero-order chi connectivity index (χ0) is 35.3. The van der Waals surface area contributed by atoms with E-state index in [1.54, 1.807) is 0 Å². The number of thiophene rings is 2. The third-order valence-electron chi connectivity index (χ3n) is 11.4. The lowest BCUT2D eigenvalue weighted by Gasteiger charge is -2.18. The van der Waals surface area contributed by atoms with Crippen molar-refractivity contribution in [2.24, 2.45) is 0 Å². The molecule has 0 aliphatic rings. The van der Waals surface area contributed by atoms with Crippen molar-refractivity contribution in [2.45, 2.75) is 0 Å². The molecular formula is C52H30S2. The summed E-state index contributed by atoms with van der Waals surface area (Å²) in [6.07, 6.45) is 0. The number of hydrogen-bond acceptors (Lipinski definition) is 2. The summed E-state index contributed by atoms with van der Waals surface area (Å²) in [5.41, 5.74) is 7.62. The lowest BCUT2D eigenvalue weighted by Crippen LogP contribution is -1.91. The van der Waals surface area contributed by atoms with Gasteiger partial charge in [-0.25, -0.2) is 0 Å². The van der Waals surface area contributed by atoms with Gasteiger partial charge in [0.2, 0.25) is 0 Å². The van der Waals surface area contributed by atoms with E-state index in [4.69, 9.17) is 0 Å². The second-order valence-electron chi connectivity index (χ2n) is 14.4. The minimum atomic E-state index is 1.24. The van der Waals surface area contributed by atoms with Crippen LogP contribution in [-0.4, -0.2) is 0 Å². The van der Waals surface area contributed by atoms with Crippen LogP contribution >= 0.6 is 22.7 Å². The van der Waals surface area contributed by atoms with Crippen molar-refractivity contribution in [1.82, 2.24) is 0 Å². The molecule has 2 aromatic heterocycles.